The average Bonchev–Trinajstić information content (AvgIpc) is 2.44. The third-order valence-electron chi connectivity index (χ3n) is 3.73. The van der Waals surface area contributed by atoms with E-state index >= 15 is 0 Å². The number of benzene rings is 1. The third-order valence-corrected chi connectivity index (χ3v) is 4.40. The van der Waals surface area contributed by atoms with Gasteiger partial charge >= 0.3 is 5.97 Å². The Bertz CT molecular complexity index is 473. The Balaban J connectivity index is 2.98. The molecule has 0 saturated carbocycles. The molecule has 0 fully saturated rings. The Morgan fingerprint density at radius 2 is 2.20 bits per heavy atom. The molecule has 0 N–H and O–H groups in total. The van der Waals surface area contributed by atoms with Crippen molar-refractivity contribution in [3.8, 4) is 0 Å². The second-order valence-corrected chi connectivity index (χ2v) is 6.63. The van der Waals surface area contributed by atoms with Gasteiger partial charge in [-0.1, -0.05) is 19.1 Å². The summed E-state index contributed by atoms with van der Waals surface area (Å²) in [5.74, 6) is 0.0528. The Hall–Kier alpha value is -0.910. The fourth-order valence-corrected chi connectivity index (χ4v) is 2.78. The summed E-state index contributed by atoms with van der Waals surface area (Å²) in [6, 6.07) is 7.93. The van der Waals surface area contributed by atoms with Gasteiger partial charge < -0.3 is 9.53 Å². The van der Waals surface area contributed by atoms with Gasteiger partial charge in [0.05, 0.1) is 12.5 Å². The van der Waals surface area contributed by atoms with Crippen molar-refractivity contribution in [3.05, 3.63) is 33.4 Å². The lowest BCUT2D eigenvalue weighted by atomic mass is 9.77. The van der Waals surface area contributed by atoms with Gasteiger partial charge in [-0.2, -0.15) is 0 Å². The van der Waals surface area contributed by atoms with E-state index in [1.807, 2.05) is 38.1 Å². The molecule has 2 atom stereocenters. The van der Waals surface area contributed by atoms with E-state index in [0.29, 0.717) is 12.8 Å². The van der Waals surface area contributed by atoms with E-state index in [1.54, 1.807) is 0 Å². The molecule has 1 aromatic carbocycles. The molecule has 0 aliphatic rings. The molecule has 1 aromatic rings. The molecule has 1 rings (SSSR count). The van der Waals surface area contributed by atoms with Gasteiger partial charge in [0.2, 0.25) is 0 Å². The molecule has 0 bridgehead atoms. The van der Waals surface area contributed by atoms with Crippen molar-refractivity contribution in [2.75, 3.05) is 7.11 Å². The number of rotatable bonds is 7. The van der Waals surface area contributed by atoms with E-state index in [1.165, 1.54) is 7.11 Å². The van der Waals surface area contributed by atoms with Crippen LogP contribution >= 0.6 is 22.6 Å². The van der Waals surface area contributed by atoms with Crippen LogP contribution in [0.3, 0.4) is 0 Å². The Labute approximate surface area is 134 Å². The largest absolute Gasteiger partial charge is 0.468 e. The van der Waals surface area contributed by atoms with E-state index < -0.39 is 5.41 Å². The number of methoxy groups -OCH3 is 1. The number of carbonyl (C=O) groups is 2. The molecular weight excluding hydrogens is 367 g/mol. The maximum absolute atomic E-state index is 12.2. The van der Waals surface area contributed by atoms with Crippen LogP contribution in [0.25, 0.3) is 0 Å². The normalized spacial score (nSPS) is 15.2. The summed E-state index contributed by atoms with van der Waals surface area (Å²) in [6.07, 6.45) is 2.96. The first-order valence-corrected chi connectivity index (χ1v) is 7.80. The molecule has 0 amide bonds. The van der Waals surface area contributed by atoms with Crippen molar-refractivity contribution in [2.45, 2.75) is 38.5 Å². The van der Waals surface area contributed by atoms with Crippen LogP contribution in [-0.4, -0.2) is 19.4 Å². The molecule has 4 heteroatoms. The minimum absolute atomic E-state index is 0.224. The molecule has 0 heterocycles. The van der Waals surface area contributed by atoms with Crippen molar-refractivity contribution in [1.82, 2.24) is 0 Å². The zero-order valence-electron chi connectivity index (χ0n) is 12.2. The second kappa shape index (κ2) is 7.76. The van der Waals surface area contributed by atoms with E-state index in [-0.39, 0.29) is 11.9 Å². The quantitative estimate of drug-likeness (QED) is 0.406. The smallest absolute Gasteiger partial charge is 0.315 e. The predicted octanol–water partition coefficient (Wildman–Crippen LogP) is 3.73. The van der Waals surface area contributed by atoms with Gasteiger partial charge in [-0.15, -0.1) is 0 Å². The standard InChI is InChI=1S/C16H21IO3/c1-12(8-10-18)7-9-16(2,15(19)20-3)13-5-4-6-14(17)11-13/h4-6,10-12H,7-9H2,1-3H3. The molecule has 0 aliphatic carbocycles. The lowest BCUT2D eigenvalue weighted by Crippen LogP contribution is -2.34. The van der Waals surface area contributed by atoms with Gasteiger partial charge in [0.15, 0.2) is 0 Å². The molecule has 0 radical (unpaired) electrons. The Morgan fingerprint density at radius 1 is 1.50 bits per heavy atom. The van der Waals surface area contributed by atoms with Gasteiger partial charge in [0, 0.05) is 9.99 Å². The van der Waals surface area contributed by atoms with Crippen LogP contribution in [0.1, 0.15) is 38.7 Å². The summed E-state index contributed by atoms with van der Waals surface area (Å²) in [4.78, 5) is 22.8. The van der Waals surface area contributed by atoms with E-state index in [0.717, 1.165) is 21.8 Å². The van der Waals surface area contributed by atoms with Crippen molar-refractivity contribution in [3.63, 3.8) is 0 Å². The molecule has 2 unspecified atom stereocenters. The Kier molecular flexibility index (Phi) is 6.65. The highest BCUT2D eigenvalue weighted by molar-refractivity contribution is 14.1. The zero-order valence-corrected chi connectivity index (χ0v) is 14.3. The lowest BCUT2D eigenvalue weighted by molar-refractivity contribution is -0.147. The molecule has 3 nitrogen and oxygen atoms in total. The zero-order chi connectivity index (χ0) is 15.2. The summed E-state index contributed by atoms with van der Waals surface area (Å²) >= 11 is 2.24. The van der Waals surface area contributed by atoms with Crippen molar-refractivity contribution in [2.24, 2.45) is 5.92 Å². The molecule has 0 saturated heterocycles. The second-order valence-electron chi connectivity index (χ2n) is 5.38. The minimum atomic E-state index is -0.660. The fraction of sp³-hybridized carbons (Fsp3) is 0.500. The number of halogens is 1. The minimum Gasteiger partial charge on any atom is -0.468 e. The van der Waals surface area contributed by atoms with Crippen LogP contribution < -0.4 is 0 Å². The van der Waals surface area contributed by atoms with E-state index in [2.05, 4.69) is 22.6 Å². The van der Waals surface area contributed by atoms with Crippen LogP contribution in [0.15, 0.2) is 24.3 Å². The maximum atomic E-state index is 12.2. The van der Waals surface area contributed by atoms with Gasteiger partial charge in [-0.3, -0.25) is 4.79 Å². The van der Waals surface area contributed by atoms with Crippen LogP contribution in [0.2, 0.25) is 0 Å². The Morgan fingerprint density at radius 3 is 2.75 bits per heavy atom. The average molecular weight is 388 g/mol. The lowest BCUT2D eigenvalue weighted by Gasteiger charge is -2.28. The SMILES string of the molecule is COC(=O)C(C)(CCC(C)CC=O)c1cccc(I)c1. The summed E-state index contributed by atoms with van der Waals surface area (Å²) in [5, 5.41) is 0. The number of ether oxygens (including phenoxy) is 1. The first kappa shape index (κ1) is 17.1. The predicted molar refractivity (Wildman–Crippen MR) is 87.6 cm³/mol. The van der Waals surface area contributed by atoms with Crippen molar-refractivity contribution >= 4 is 34.8 Å². The summed E-state index contributed by atoms with van der Waals surface area (Å²) in [5.41, 5.74) is 0.308. The first-order valence-electron chi connectivity index (χ1n) is 6.72. The molecule has 20 heavy (non-hydrogen) atoms. The number of hydrogen-bond acceptors (Lipinski definition) is 3. The summed E-state index contributed by atoms with van der Waals surface area (Å²) in [7, 11) is 1.42. The van der Waals surface area contributed by atoms with Gasteiger partial charge in [-0.05, 0) is 66.0 Å². The third kappa shape index (κ3) is 4.30. The molecule has 110 valence electrons. The van der Waals surface area contributed by atoms with Crippen LogP contribution in [0.4, 0.5) is 0 Å². The number of esters is 1. The fourth-order valence-electron chi connectivity index (χ4n) is 2.24. The number of aldehydes is 1. The monoisotopic (exact) mass is 388 g/mol. The molecular formula is C16H21IO3. The van der Waals surface area contributed by atoms with Crippen molar-refractivity contribution in [1.29, 1.82) is 0 Å². The van der Waals surface area contributed by atoms with Crippen LogP contribution in [0, 0.1) is 9.49 Å². The highest BCUT2D eigenvalue weighted by Gasteiger charge is 2.36. The van der Waals surface area contributed by atoms with Gasteiger partial charge in [0.25, 0.3) is 0 Å². The van der Waals surface area contributed by atoms with Crippen molar-refractivity contribution < 1.29 is 14.3 Å². The summed E-state index contributed by atoms with van der Waals surface area (Å²) in [6.45, 7) is 3.94. The maximum Gasteiger partial charge on any atom is 0.315 e. The number of hydrogen-bond donors (Lipinski definition) is 0. The molecule has 0 aliphatic heterocycles. The summed E-state index contributed by atoms with van der Waals surface area (Å²) < 4.78 is 6.08. The van der Waals surface area contributed by atoms with E-state index in [9.17, 15) is 9.59 Å². The van der Waals surface area contributed by atoms with Crippen LogP contribution in [0.5, 0.6) is 0 Å². The highest BCUT2D eigenvalue weighted by Crippen LogP contribution is 2.33. The first-order chi connectivity index (χ1) is 9.43. The van der Waals surface area contributed by atoms with Gasteiger partial charge in [-0.25, -0.2) is 0 Å². The molecule has 0 aromatic heterocycles. The number of carbonyl (C=O) groups excluding carboxylic acids is 2. The topological polar surface area (TPSA) is 43.4 Å². The van der Waals surface area contributed by atoms with Crippen LogP contribution in [-0.2, 0) is 19.7 Å². The van der Waals surface area contributed by atoms with E-state index in [4.69, 9.17) is 4.74 Å². The van der Waals surface area contributed by atoms with Gasteiger partial charge in [0.1, 0.15) is 6.29 Å². The molecule has 0 spiro atoms. The highest BCUT2D eigenvalue weighted by atomic mass is 127.